The molecule has 192 valence electrons. The first-order valence-electron chi connectivity index (χ1n) is 11.1. The van der Waals surface area contributed by atoms with E-state index in [-0.39, 0.29) is 12.1 Å². The summed E-state index contributed by atoms with van der Waals surface area (Å²) >= 11 is 0. The van der Waals surface area contributed by atoms with E-state index >= 15 is 0 Å². The first kappa shape index (κ1) is 26.7. The Kier molecular flexibility index (Phi) is 9.20. The minimum Gasteiger partial charge on any atom is -0.493 e. The van der Waals surface area contributed by atoms with Crippen molar-refractivity contribution in [2.45, 2.75) is 6.92 Å². The third-order valence-electron chi connectivity index (χ3n) is 5.08. The van der Waals surface area contributed by atoms with Crippen molar-refractivity contribution in [1.82, 2.24) is 10.7 Å². The van der Waals surface area contributed by atoms with E-state index in [1.165, 1.54) is 39.7 Å². The van der Waals surface area contributed by atoms with Gasteiger partial charge in [0.05, 0.1) is 39.7 Å². The zero-order chi connectivity index (χ0) is 26.8. The summed E-state index contributed by atoms with van der Waals surface area (Å²) in [4.78, 5) is 36.8. The Bertz CT molecular complexity index is 1280. The molecule has 10 nitrogen and oxygen atoms in total. The fourth-order valence-corrected chi connectivity index (χ4v) is 3.25. The number of ether oxygens (including phenoxy) is 4. The predicted octanol–water partition coefficient (Wildman–Crippen LogP) is 3.12. The van der Waals surface area contributed by atoms with Crippen LogP contribution in [0.15, 0.2) is 65.8 Å². The number of hydrazone groups is 1. The molecule has 2 amide bonds. The summed E-state index contributed by atoms with van der Waals surface area (Å²) in [5, 5.41) is 6.38. The molecule has 3 aromatic carbocycles. The zero-order valence-electron chi connectivity index (χ0n) is 20.9. The fourth-order valence-electron chi connectivity index (χ4n) is 3.25. The van der Waals surface area contributed by atoms with Crippen molar-refractivity contribution in [2.24, 2.45) is 5.10 Å². The minimum absolute atomic E-state index is 0.231. The van der Waals surface area contributed by atoms with Crippen LogP contribution in [0.25, 0.3) is 0 Å². The van der Waals surface area contributed by atoms with Gasteiger partial charge in [-0.2, -0.15) is 5.10 Å². The maximum atomic E-state index is 12.5. The molecule has 0 aromatic heterocycles. The molecule has 3 rings (SSSR count). The number of esters is 1. The Hall–Kier alpha value is -4.86. The first-order chi connectivity index (χ1) is 17.8. The van der Waals surface area contributed by atoms with E-state index in [0.717, 1.165) is 5.56 Å². The first-order valence-corrected chi connectivity index (χ1v) is 11.1. The summed E-state index contributed by atoms with van der Waals surface area (Å²) in [5.74, 6) is -0.122. The second-order valence-electron chi connectivity index (χ2n) is 7.72. The molecule has 0 aliphatic heterocycles. The number of nitrogens with zero attached hydrogens (tertiary/aromatic N) is 1. The van der Waals surface area contributed by atoms with Crippen molar-refractivity contribution >= 4 is 24.0 Å². The average Bonchev–Trinajstić information content (AvgIpc) is 2.91. The Morgan fingerprint density at radius 3 is 2.14 bits per heavy atom. The molecule has 10 heteroatoms. The Labute approximate surface area is 214 Å². The van der Waals surface area contributed by atoms with Crippen LogP contribution < -0.4 is 29.7 Å². The van der Waals surface area contributed by atoms with E-state index in [1.807, 2.05) is 13.0 Å². The third-order valence-corrected chi connectivity index (χ3v) is 5.08. The smallest absolute Gasteiger partial charge is 0.343 e. The summed E-state index contributed by atoms with van der Waals surface area (Å²) in [6.07, 6.45) is 1.42. The zero-order valence-corrected chi connectivity index (χ0v) is 20.9. The lowest BCUT2D eigenvalue weighted by molar-refractivity contribution is -0.120. The second kappa shape index (κ2) is 12.7. The number of hydrogen-bond donors (Lipinski definition) is 2. The van der Waals surface area contributed by atoms with Gasteiger partial charge < -0.3 is 24.3 Å². The van der Waals surface area contributed by atoms with E-state index in [9.17, 15) is 14.4 Å². The number of nitrogens with one attached hydrogen (secondary N) is 2. The van der Waals surface area contributed by atoms with Gasteiger partial charge in [0.25, 0.3) is 11.8 Å². The van der Waals surface area contributed by atoms with Gasteiger partial charge in [-0.25, -0.2) is 10.2 Å². The molecule has 37 heavy (non-hydrogen) atoms. The molecule has 0 aliphatic rings. The number of amides is 2. The SMILES string of the molecule is COc1cc(C(=O)NCC(=O)N/N=C/c2ccc(OC(=O)c3cccc(C)c3)cc2)cc(OC)c1OC. The lowest BCUT2D eigenvalue weighted by Gasteiger charge is -2.14. The highest BCUT2D eigenvalue weighted by Crippen LogP contribution is 2.38. The van der Waals surface area contributed by atoms with E-state index in [2.05, 4.69) is 15.8 Å². The van der Waals surface area contributed by atoms with E-state index < -0.39 is 17.8 Å². The highest BCUT2D eigenvalue weighted by Gasteiger charge is 2.17. The van der Waals surface area contributed by atoms with E-state index in [1.54, 1.807) is 42.5 Å². The Morgan fingerprint density at radius 1 is 0.865 bits per heavy atom. The van der Waals surface area contributed by atoms with Gasteiger partial charge in [-0.15, -0.1) is 0 Å². The van der Waals surface area contributed by atoms with Gasteiger partial charge in [-0.3, -0.25) is 9.59 Å². The molecule has 0 fully saturated rings. The summed E-state index contributed by atoms with van der Waals surface area (Å²) in [7, 11) is 4.34. The van der Waals surface area contributed by atoms with Crippen molar-refractivity contribution < 1.29 is 33.3 Å². The van der Waals surface area contributed by atoms with Crippen LogP contribution in [0.5, 0.6) is 23.0 Å². The molecule has 0 saturated carbocycles. The Balaban J connectivity index is 1.50. The van der Waals surface area contributed by atoms with Crippen LogP contribution in [-0.4, -0.2) is 51.9 Å². The lowest BCUT2D eigenvalue weighted by atomic mass is 10.1. The topological polar surface area (TPSA) is 125 Å². The highest BCUT2D eigenvalue weighted by atomic mass is 16.5. The molecular formula is C27H27N3O7. The van der Waals surface area contributed by atoms with Crippen molar-refractivity contribution in [3.05, 3.63) is 82.9 Å². The Morgan fingerprint density at radius 2 is 1.54 bits per heavy atom. The van der Waals surface area contributed by atoms with Crippen LogP contribution in [0.1, 0.15) is 31.8 Å². The second-order valence-corrected chi connectivity index (χ2v) is 7.72. The minimum atomic E-state index is -0.527. The average molecular weight is 506 g/mol. The van der Waals surface area contributed by atoms with Gasteiger partial charge in [0.2, 0.25) is 5.75 Å². The van der Waals surface area contributed by atoms with Crippen LogP contribution in [0.2, 0.25) is 0 Å². The molecule has 0 heterocycles. The number of carbonyl (C=O) groups is 3. The number of hydrogen-bond acceptors (Lipinski definition) is 8. The number of rotatable bonds is 10. The molecule has 0 bridgehead atoms. The summed E-state index contributed by atoms with van der Waals surface area (Å²) in [6, 6.07) is 16.7. The highest BCUT2D eigenvalue weighted by molar-refractivity contribution is 5.97. The van der Waals surface area contributed by atoms with Crippen LogP contribution in [-0.2, 0) is 4.79 Å². The predicted molar refractivity (Wildman–Crippen MR) is 137 cm³/mol. The third kappa shape index (κ3) is 7.31. The van der Waals surface area contributed by atoms with Crippen molar-refractivity contribution in [3.8, 4) is 23.0 Å². The molecule has 3 aromatic rings. The maximum absolute atomic E-state index is 12.5. The number of aryl methyl sites for hydroxylation is 1. The van der Waals surface area contributed by atoms with Crippen molar-refractivity contribution in [2.75, 3.05) is 27.9 Å². The van der Waals surface area contributed by atoms with Gasteiger partial charge in [-0.1, -0.05) is 17.7 Å². The molecular weight excluding hydrogens is 478 g/mol. The molecule has 0 spiro atoms. The summed E-state index contributed by atoms with van der Waals surface area (Å²) in [5.41, 5.74) is 4.66. The van der Waals surface area contributed by atoms with Gasteiger partial charge in [0.15, 0.2) is 11.5 Å². The van der Waals surface area contributed by atoms with Crippen LogP contribution in [0.3, 0.4) is 0 Å². The van der Waals surface area contributed by atoms with Gasteiger partial charge >= 0.3 is 5.97 Å². The normalized spacial score (nSPS) is 10.5. The van der Waals surface area contributed by atoms with Gasteiger partial charge in [0.1, 0.15) is 5.75 Å². The largest absolute Gasteiger partial charge is 0.493 e. The monoisotopic (exact) mass is 505 g/mol. The van der Waals surface area contributed by atoms with E-state index in [4.69, 9.17) is 18.9 Å². The van der Waals surface area contributed by atoms with Crippen LogP contribution in [0, 0.1) is 6.92 Å². The molecule has 0 radical (unpaired) electrons. The van der Waals surface area contributed by atoms with Crippen molar-refractivity contribution in [1.29, 1.82) is 0 Å². The maximum Gasteiger partial charge on any atom is 0.343 e. The number of carbonyl (C=O) groups excluding carboxylic acids is 3. The fraction of sp³-hybridized carbons (Fsp3) is 0.185. The quantitative estimate of drug-likeness (QED) is 0.188. The molecule has 0 atom stereocenters. The van der Waals surface area contributed by atoms with Gasteiger partial charge in [-0.05, 0) is 61.0 Å². The number of methoxy groups -OCH3 is 3. The molecule has 0 aliphatic carbocycles. The number of benzene rings is 3. The summed E-state index contributed by atoms with van der Waals surface area (Å²) in [6.45, 7) is 1.59. The molecule has 0 unspecified atom stereocenters. The van der Waals surface area contributed by atoms with Crippen LogP contribution in [0.4, 0.5) is 0 Å². The van der Waals surface area contributed by atoms with E-state index in [0.29, 0.717) is 34.1 Å². The van der Waals surface area contributed by atoms with Gasteiger partial charge in [0, 0.05) is 5.56 Å². The standard InChI is InChI=1S/C27H27N3O7/c1-17-6-5-7-19(12-17)27(33)37-21-10-8-18(9-11-21)15-29-30-24(31)16-28-26(32)20-13-22(34-2)25(36-4)23(14-20)35-3/h5-15H,16H2,1-4H3,(H,28,32)(H,30,31)/b29-15+. The lowest BCUT2D eigenvalue weighted by Crippen LogP contribution is -2.34. The molecule has 0 saturated heterocycles. The van der Waals surface area contributed by atoms with Crippen molar-refractivity contribution in [3.63, 3.8) is 0 Å². The van der Waals surface area contributed by atoms with Crippen LogP contribution >= 0.6 is 0 Å². The summed E-state index contributed by atoms with van der Waals surface area (Å²) < 4.78 is 21.1. The molecule has 2 N–H and O–H groups in total.